The van der Waals surface area contributed by atoms with Crippen molar-refractivity contribution in [3.63, 3.8) is 0 Å². The summed E-state index contributed by atoms with van der Waals surface area (Å²) in [5.41, 5.74) is 10.2. The van der Waals surface area contributed by atoms with Gasteiger partial charge in [0.25, 0.3) is 0 Å². The molecule has 0 aliphatic carbocycles. The highest BCUT2D eigenvalue weighted by atomic mass is 32.2. The van der Waals surface area contributed by atoms with Gasteiger partial charge in [-0.1, -0.05) is 101 Å². The zero-order chi connectivity index (χ0) is 33.4. The zero-order valence-corrected chi connectivity index (χ0v) is 28.0. The Labute approximate surface area is 289 Å². The van der Waals surface area contributed by atoms with Crippen LogP contribution in [0.4, 0.5) is 11.6 Å². The molecule has 49 heavy (non-hydrogen) atoms. The van der Waals surface area contributed by atoms with Crippen LogP contribution in [0.2, 0.25) is 0 Å². The maximum absolute atomic E-state index is 6.66. The number of hydrogen-bond acceptors (Lipinski definition) is 8. The van der Waals surface area contributed by atoms with Crippen LogP contribution in [-0.4, -0.2) is 38.1 Å². The van der Waals surface area contributed by atoms with Gasteiger partial charge in [-0.2, -0.15) is 0 Å². The highest BCUT2D eigenvalue weighted by Crippen LogP contribution is 2.43. The molecule has 0 unspecified atom stereocenters. The van der Waals surface area contributed by atoms with Crippen molar-refractivity contribution in [2.45, 2.75) is 5.72 Å². The van der Waals surface area contributed by atoms with Gasteiger partial charge < -0.3 is 19.1 Å². The third-order valence-corrected chi connectivity index (χ3v) is 9.79. The summed E-state index contributed by atoms with van der Waals surface area (Å²) in [6.07, 6.45) is 0. The van der Waals surface area contributed by atoms with E-state index in [0.717, 1.165) is 55.4 Å². The average molecular weight is 680 g/mol. The molecule has 0 fully saturated rings. The second kappa shape index (κ2) is 10.9. The van der Waals surface area contributed by atoms with Crippen molar-refractivity contribution >= 4 is 86.7 Å². The van der Waals surface area contributed by atoms with E-state index in [1.54, 1.807) is 0 Å². The normalized spacial score (nSPS) is 20.7. The monoisotopic (exact) mass is 679 g/mol. The van der Waals surface area contributed by atoms with E-state index in [0.29, 0.717) is 45.7 Å². The van der Waals surface area contributed by atoms with Crippen molar-refractivity contribution < 1.29 is 8.37 Å². The van der Waals surface area contributed by atoms with Crippen LogP contribution in [0.5, 0.6) is 0 Å². The Hall–Kier alpha value is -5.69. The molecule has 0 saturated heterocycles. The van der Waals surface area contributed by atoms with Gasteiger partial charge in [-0.3, -0.25) is 0 Å². The van der Waals surface area contributed by atoms with Gasteiger partial charge >= 0.3 is 17.4 Å². The molecule has 4 bridgehead atoms. The quantitative estimate of drug-likeness (QED) is 0.113. The summed E-state index contributed by atoms with van der Waals surface area (Å²) in [7, 11) is 3.82. The number of aromatic nitrogens is 2. The predicted octanol–water partition coefficient (Wildman–Crippen LogP) is 5.22. The number of aliphatic imine (C=N–C) groups is 3. The third-order valence-electron chi connectivity index (χ3n) is 9.25. The molecule has 3 aliphatic heterocycles. The molecule has 3 aliphatic rings. The number of hydrogen-bond donors (Lipinski definition) is 2. The number of nitrogen functional groups attached to an aromatic ring is 1. The fourth-order valence-electron chi connectivity index (χ4n) is 6.95. The van der Waals surface area contributed by atoms with E-state index < -0.39 is 5.72 Å². The minimum atomic E-state index is -1.75. The molecule has 0 saturated carbocycles. The van der Waals surface area contributed by atoms with Crippen molar-refractivity contribution in [1.29, 1.82) is 0 Å². The second-order valence-corrected chi connectivity index (χ2v) is 12.4. The van der Waals surface area contributed by atoms with Crippen LogP contribution >= 0.6 is 12.9 Å². The Morgan fingerprint density at radius 1 is 0.735 bits per heavy atom. The minimum absolute atomic E-state index is 0.210. The number of amidine groups is 2. The van der Waals surface area contributed by atoms with Crippen molar-refractivity contribution in [2.75, 3.05) is 5.73 Å². The fourth-order valence-corrected chi connectivity index (χ4v) is 7.52. The van der Waals surface area contributed by atoms with Gasteiger partial charge in [0.05, 0.1) is 0 Å². The standard InChI is InChI=1S/C37H26N8O2S2/c1-44-31(38)22-14-6-9-17-25(22)34(44)42-33-24-16-8-5-13-21(24)29(40-33)37(47-49-3)30(46-48)28-20-12-4-7-15-23(20)32(39-28)41-35-26-18-10-11-19-27(26)36(43-37)45(35)2/h4-19H,3,38H2,1-2H3/p+1/b30-28+,41-35?,42-33-,43-36-/t37-/m0/s1. The Balaban J connectivity index is 1.44. The van der Waals surface area contributed by atoms with Gasteiger partial charge in [0.15, 0.2) is 17.5 Å². The average Bonchev–Trinajstić information content (AvgIpc) is 3.82. The summed E-state index contributed by atoms with van der Waals surface area (Å²) in [4.78, 5) is 26.0. The van der Waals surface area contributed by atoms with E-state index >= 15 is 0 Å². The van der Waals surface area contributed by atoms with Crippen LogP contribution in [0.1, 0.15) is 22.3 Å². The highest BCUT2D eigenvalue weighted by Gasteiger charge is 2.54. The van der Waals surface area contributed by atoms with Gasteiger partial charge in [-0.15, -0.1) is 0 Å². The smallest absolute Gasteiger partial charge is 0.381 e. The predicted molar refractivity (Wildman–Crippen MR) is 200 cm³/mol. The molecule has 10 nitrogen and oxygen atoms in total. The van der Waals surface area contributed by atoms with Crippen LogP contribution in [-0.2, 0) is 34.1 Å². The van der Waals surface area contributed by atoms with Crippen molar-refractivity contribution in [1.82, 2.24) is 9.13 Å². The SMILES string of the molecule is C=[S+]O[C@]1(C2=N/C(=N\c3c4ccccc4c(N)n3C)c3ccccc32)/N=c2/c3ccccc3c(n2C)=NC2=N/C(=C\1OS)c1ccccc12. The number of benzene rings is 4. The first-order valence-electron chi connectivity index (χ1n) is 15.4. The number of thiol groups is 1. The Bertz CT molecular complexity index is 2700. The number of fused-ring (bicyclic) bond motifs is 11. The summed E-state index contributed by atoms with van der Waals surface area (Å²) in [6, 6.07) is 31.6. The lowest BCUT2D eigenvalue weighted by molar-refractivity contribution is 0.176. The summed E-state index contributed by atoms with van der Waals surface area (Å²) in [5, 5.41) is 3.60. The molecule has 5 heterocycles. The summed E-state index contributed by atoms with van der Waals surface area (Å²) >= 11 is 5.35. The number of nitrogens with zero attached hydrogens (tertiary/aromatic N) is 7. The maximum Gasteiger partial charge on any atom is 0.381 e. The van der Waals surface area contributed by atoms with E-state index in [2.05, 4.69) is 18.8 Å². The Kier molecular flexibility index (Phi) is 6.56. The molecule has 0 amide bonds. The number of anilines is 1. The van der Waals surface area contributed by atoms with Crippen LogP contribution in [0.15, 0.2) is 128 Å². The van der Waals surface area contributed by atoms with Gasteiger partial charge in [-0.25, -0.2) is 25.0 Å². The highest BCUT2D eigenvalue weighted by molar-refractivity contribution is 7.75. The van der Waals surface area contributed by atoms with Crippen LogP contribution in [0.3, 0.4) is 0 Å². The number of nitrogens with two attached hydrogens (primary N) is 1. The molecule has 6 aromatic rings. The van der Waals surface area contributed by atoms with Crippen LogP contribution < -0.4 is 16.7 Å². The fraction of sp³-hybridized carbons (Fsp3) is 0.0811. The van der Waals surface area contributed by atoms with E-state index in [-0.39, 0.29) is 5.76 Å². The van der Waals surface area contributed by atoms with Gasteiger partial charge in [0.1, 0.15) is 34.0 Å². The van der Waals surface area contributed by atoms with E-state index in [1.165, 1.54) is 0 Å². The molecule has 0 radical (unpaired) electrons. The van der Waals surface area contributed by atoms with Crippen molar-refractivity contribution in [3.8, 4) is 0 Å². The van der Waals surface area contributed by atoms with E-state index in [9.17, 15) is 0 Å². The maximum atomic E-state index is 6.66. The zero-order valence-electron chi connectivity index (χ0n) is 26.3. The number of rotatable bonds is 5. The molecule has 12 heteroatoms. The molecular formula is C37H27N8O2S2+. The summed E-state index contributed by atoms with van der Waals surface area (Å²) in [5.74, 6) is 6.53. The molecule has 238 valence electrons. The van der Waals surface area contributed by atoms with Gasteiger partial charge in [-0.05, 0) is 0 Å². The van der Waals surface area contributed by atoms with Crippen molar-refractivity contribution in [2.24, 2.45) is 39.1 Å². The lowest BCUT2D eigenvalue weighted by atomic mass is 9.94. The molecule has 0 spiro atoms. The lowest BCUT2D eigenvalue weighted by Crippen LogP contribution is -2.45. The van der Waals surface area contributed by atoms with Crippen LogP contribution in [0.25, 0.3) is 27.2 Å². The molecule has 4 aromatic carbocycles. The molecule has 2 aromatic heterocycles. The molecule has 2 N–H and O–H groups in total. The topological polar surface area (TPSA) is 116 Å². The minimum Gasteiger partial charge on any atom is -0.425 e. The van der Waals surface area contributed by atoms with Gasteiger partial charge in [0, 0.05) is 70.8 Å². The third kappa shape index (κ3) is 4.11. The first-order valence-corrected chi connectivity index (χ1v) is 16.7. The van der Waals surface area contributed by atoms with Crippen LogP contribution in [0, 0.1) is 0 Å². The molecule has 9 rings (SSSR count). The summed E-state index contributed by atoms with van der Waals surface area (Å²) < 4.78 is 16.5. The Morgan fingerprint density at radius 2 is 1.35 bits per heavy atom. The second-order valence-electron chi connectivity index (χ2n) is 11.8. The first-order chi connectivity index (χ1) is 23.9. The molecule has 1 atom stereocenters. The largest absolute Gasteiger partial charge is 0.425 e. The van der Waals surface area contributed by atoms with Gasteiger partial charge in [0.2, 0.25) is 5.76 Å². The van der Waals surface area contributed by atoms with E-state index in [1.807, 2.05) is 120 Å². The lowest BCUT2D eigenvalue weighted by Gasteiger charge is -2.25. The van der Waals surface area contributed by atoms with Crippen molar-refractivity contribution in [3.05, 3.63) is 136 Å². The molecular weight excluding hydrogens is 653 g/mol. The first kappa shape index (κ1) is 29.4. The Morgan fingerprint density at radius 3 is 2.06 bits per heavy atom. The van der Waals surface area contributed by atoms with E-state index in [4.69, 9.17) is 39.1 Å². The summed E-state index contributed by atoms with van der Waals surface area (Å²) in [6.45, 7) is 0.